The number of aryl methyl sites for hydroxylation is 1. The molecule has 1 aromatic heterocycles. The van der Waals surface area contributed by atoms with Gasteiger partial charge in [0.05, 0.1) is 0 Å². The summed E-state index contributed by atoms with van der Waals surface area (Å²) < 4.78 is 5.38. The summed E-state index contributed by atoms with van der Waals surface area (Å²) in [7, 11) is 0. The van der Waals surface area contributed by atoms with Crippen LogP contribution in [-0.2, 0) is 6.42 Å². The Morgan fingerprint density at radius 1 is 1.45 bits per heavy atom. The minimum atomic E-state index is -0.176. The quantitative estimate of drug-likeness (QED) is 0.704. The van der Waals surface area contributed by atoms with Crippen LogP contribution in [0.15, 0.2) is 16.5 Å². The minimum Gasteiger partial charge on any atom is -0.466 e. The fraction of sp³-hybridized carbons (Fsp3) is 0.556. The molecular weight excluding hydrogens is 138 g/mol. The Balaban J connectivity index is 2.65. The molecule has 1 rings (SSSR count). The van der Waals surface area contributed by atoms with E-state index in [0.29, 0.717) is 0 Å². The fourth-order valence-corrected chi connectivity index (χ4v) is 1.03. The third kappa shape index (κ3) is 2.76. The van der Waals surface area contributed by atoms with Crippen LogP contribution in [0, 0.1) is 6.92 Å². The topological polar surface area (TPSA) is 39.2 Å². The number of furan rings is 1. The first-order valence-electron chi connectivity index (χ1n) is 3.81. The SMILES string of the molecule is Cc1ccc(CC(C)(C)N)o1. The van der Waals surface area contributed by atoms with Crippen molar-refractivity contribution < 1.29 is 4.42 Å². The van der Waals surface area contributed by atoms with Crippen LogP contribution < -0.4 is 5.73 Å². The molecular formula is C9H15NO. The van der Waals surface area contributed by atoms with Crippen molar-refractivity contribution in [3.8, 4) is 0 Å². The molecule has 0 fully saturated rings. The summed E-state index contributed by atoms with van der Waals surface area (Å²) in [5.74, 6) is 1.92. The van der Waals surface area contributed by atoms with E-state index in [0.717, 1.165) is 17.9 Å². The van der Waals surface area contributed by atoms with Crippen molar-refractivity contribution in [3.63, 3.8) is 0 Å². The standard InChI is InChI=1S/C9H15NO/c1-7-4-5-8(11-7)6-9(2,3)10/h4-5H,6,10H2,1-3H3. The molecule has 2 N–H and O–H groups in total. The average Bonchev–Trinajstić information content (AvgIpc) is 2.10. The van der Waals surface area contributed by atoms with Gasteiger partial charge in [-0.1, -0.05) is 0 Å². The number of nitrogens with two attached hydrogens (primary N) is 1. The minimum absolute atomic E-state index is 0.176. The molecule has 0 aliphatic rings. The summed E-state index contributed by atoms with van der Waals surface area (Å²) in [6.45, 7) is 5.92. The maximum atomic E-state index is 5.82. The summed E-state index contributed by atoms with van der Waals surface area (Å²) in [6, 6.07) is 3.94. The highest BCUT2D eigenvalue weighted by Gasteiger charge is 2.13. The number of rotatable bonds is 2. The van der Waals surface area contributed by atoms with E-state index in [1.54, 1.807) is 0 Å². The van der Waals surface area contributed by atoms with Crippen LogP contribution >= 0.6 is 0 Å². The van der Waals surface area contributed by atoms with E-state index in [-0.39, 0.29) is 5.54 Å². The van der Waals surface area contributed by atoms with Gasteiger partial charge in [0.15, 0.2) is 0 Å². The number of hydrogen-bond donors (Lipinski definition) is 1. The van der Waals surface area contributed by atoms with Gasteiger partial charge in [-0.15, -0.1) is 0 Å². The van der Waals surface area contributed by atoms with Crippen molar-refractivity contribution in [2.24, 2.45) is 5.73 Å². The van der Waals surface area contributed by atoms with Crippen molar-refractivity contribution in [2.75, 3.05) is 0 Å². The third-order valence-electron chi connectivity index (χ3n) is 1.43. The molecule has 0 unspecified atom stereocenters. The van der Waals surface area contributed by atoms with E-state index >= 15 is 0 Å². The Morgan fingerprint density at radius 2 is 2.09 bits per heavy atom. The van der Waals surface area contributed by atoms with Gasteiger partial charge in [0.2, 0.25) is 0 Å². The normalized spacial score (nSPS) is 12.0. The highest BCUT2D eigenvalue weighted by atomic mass is 16.3. The van der Waals surface area contributed by atoms with E-state index in [9.17, 15) is 0 Å². The van der Waals surface area contributed by atoms with Crippen LogP contribution in [-0.4, -0.2) is 5.54 Å². The Bertz CT molecular complexity index is 232. The summed E-state index contributed by atoms with van der Waals surface area (Å²) >= 11 is 0. The smallest absolute Gasteiger partial charge is 0.105 e. The maximum absolute atomic E-state index is 5.82. The van der Waals surface area contributed by atoms with Crippen LogP contribution in [0.25, 0.3) is 0 Å². The summed E-state index contributed by atoms with van der Waals surface area (Å²) in [5.41, 5.74) is 5.64. The summed E-state index contributed by atoms with van der Waals surface area (Å²) in [5, 5.41) is 0. The predicted octanol–water partition coefficient (Wildman–Crippen LogP) is 1.87. The highest BCUT2D eigenvalue weighted by Crippen LogP contribution is 2.12. The molecule has 1 aromatic rings. The van der Waals surface area contributed by atoms with Crippen molar-refractivity contribution in [1.82, 2.24) is 0 Å². The lowest BCUT2D eigenvalue weighted by molar-refractivity contribution is 0.419. The summed E-state index contributed by atoms with van der Waals surface area (Å²) in [6.07, 6.45) is 0.792. The molecule has 0 spiro atoms. The molecule has 0 saturated heterocycles. The first-order valence-corrected chi connectivity index (χ1v) is 3.81. The molecule has 2 nitrogen and oxygen atoms in total. The van der Waals surface area contributed by atoms with Crippen molar-refractivity contribution in [3.05, 3.63) is 23.7 Å². The molecule has 0 atom stereocenters. The molecule has 0 bridgehead atoms. The molecule has 1 heterocycles. The zero-order valence-electron chi connectivity index (χ0n) is 7.35. The molecule has 2 heteroatoms. The third-order valence-corrected chi connectivity index (χ3v) is 1.43. The molecule has 11 heavy (non-hydrogen) atoms. The van der Waals surface area contributed by atoms with E-state index in [1.165, 1.54) is 0 Å². The molecule has 0 aliphatic heterocycles. The molecule has 0 aliphatic carbocycles. The Labute approximate surface area is 67.4 Å². The Kier molecular flexibility index (Phi) is 2.05. The second-order valence-corrected chi connectivity index (χ2v) is 3.68. The van der Waals surface area contributed by atoms with Gasteiger partial charge in [-0.2, -0.15) is 0 Å². The first-order chi connectivity index (χ1) is 4.97. The van der Waals surface area contributed by atoms with Gasteiger partial charge in [0.1, 0.15) is 11.5 Å². The number of hydrogen-bond acceptors (Lipinski definition) is 2. The second-order valence-electron chi connectivity index (χ2n) is 3.68. The van der Waals surface area contributed by atoms with Gasteiger partial charge >= 0.3 is 0 Å². The van der Waals surface area contributed by atoms with E-state index in [2.05, 4.69) is 0 Å². The predicted molar refractivity (Wildman–Crippen MR) is 45.4 cm³/mol. The Morgan fingerprint density at radius 3 is 2.45 bits per heavy atom. The highest BCUT2D eigenvalue weighted by molar-refractivity contribution is 5.07. The molecule has 0 amide bonds. The monoisotopic (exact) mass is 153 g/mol. The zero-order valence-corrected chi connectivity index (χ0v) is 7.35. The summed E-state index contributed by atoms with van der Waals surface area (Å²) in [4.78, 5) is 0. The molecule has 0 radical (unpaired) electrons. The average molecular weight is 153 g/mol. The maximum Gasteiger partial charge on any atom is 0.105 e. The van der Waals surface area contributed by atoms with Crippen LogP contribution in [0.5, 0.6) is 0 Å². The molecule has 0 saturated carbocycles. The zero-order chi connectivity index (χ0) is 8.48. The lowest BCUT2D eigenvalue weighted by atomic mass is 10.0. The first kappa shape index (κ1) is 8.34. The van der Waals surface area contributed by atoms with Crippen LogP contribution in [0.3, 0.4) is 0 Å². The fourth-order valence-electron chi connectivity index (χ4n) is 1.03. The van der Waals surface area contributed by atoms with Crippen LogP contribution in [0.1, 0.15) is 25.4 Å². The van der Waals surface area contributed by atoms with Crippen molar-refractivity contribution in [2.45, 2.75) is 32.7 Å². The van der Waals surface area contributed by atoms with Gasteiger partial charge in [-0.05, 0) is 32.9 Å². The van der Waals surface area contributed by atoms with Gasteiger partial charge in [0, 0.05) is 12.0 Å². The van der Waals surface area contributed by atoms with Gasteiger partial charge in [0.25, 0.3) is 0 Å². The van der Waals surface area contributed by atoms with Gasteiger partial charge in [-0.3, -0.25) is 0 Å². The lowest BCUT2D eigenvalue weighted by Crippen LogP contribution is -2.34. The van der Waals surface area contributed by atoms with Crippen LogP contribution in [0.2, 0.25) is 0 Å². The van der Waals surface area contributed by atoms with Crippen molar-refractivity contribution in [1.29, 1.82) is 0 Å². The largest absolute Gasteiger partial charge is 0.466 e. The molecule has 0 aromatic carbocycles. The van der Waals surface area contributed by atoms with Gasteiger partial charge < -0.3 is 10.2 Å². The lowest BCUT2D eigenvalue weighted by Gasteiger charge is -2.15. The van der Waals surface area contributed by atoms with Crippen LogP contribution in [0.4, 0.5) is 0 Å². The van der Waals surface area contributed by atoms with Crippen molar-refractivity contribution >= 4 is 0 Å². The molecule has 62 valence electrons. The van der Waals surface area contributed by atoms with E-state index in [4.69, 9.17) is 10.2 Å². The van der Waals surface area contributed by atoms with E-state index in [1.807, 2.05) is 32.9 Å². The van der Waals surface area contributed by atoms with E-state index < -0.39 is 0 Å². The van der Waals surface area contributed by atoms with Gasteiger partial charge in [-0.25, -0.2) is 0 Å². The second kappa shape index (κ2) is 2.70. The Hall–Kier alpha value is -0.760.